The van der Waals surface area contributed by atoms with Crippen molar-refractivity contribution in [3.63, 3.8) is 0 Å². The van der Waals surface area contributed by atoms with Crippen molar-refractivity contribution in [2.75, 3.05) is 48.6 Å². The molecule has 0 bridgehead atoms. The van der Waals surface area contributed by atoms with Gasteiger partial charge >= 0.3 is 0 Å². The van der Waals surface area contributed by atoms with E-state index in [-0.39, 0.29) is 29.4 Å². The number of hydrogen-bond donors (Lipinski definition) is 4. The minimum absolute atomic E-state index is 0.0419. The Kier molecular flexibility index (Phi) is 9.30. The lowest BCUT2D eigenvalue weighted by Gasteiger charge is -2.41. The maximum absolute atomic E-state index is 13.9. The minimum Gasteiger partial charge on any atom is -0.497 e. The molecule has 3 aromatic carbocycles. The van der Waals surface area contributed by atoms with Crippen molar-refractivity contribution >= 4 is 5.91 Å². The summed E-state index contributed by atoms with van der Waals surface area (Å²) in [5.74, 6) is -1.44. The minimum atomic E-state index is -2.21. The fourth-order valence-electron chi connectivity index (χ4n) is 7.29. The summed E-state index contributed by atoms with van der Waals surface area (Å²) in [4.78, 5) is 15.3. The molecular formula is C35H41NO12. The predicted octanol–water partition coefficient (Wildman–Crippen LogP) is 1.49. The molecule has 0 unspecified atom stereocenters. The smallest absolute Gasteiger partial charge is 0.251 e. The molecule has 48 heavy (non-hydrogen) atoms. The van der Waals surface area contributed by atoms with Gasteiger partial charge in [-0.2, -0.15) is 0 Å². The number of rotatable bonds is 10. The van der Waals surface area contributed by atoms with Gasteiger partial charge in [0.05, 0.1) is 38.9 Å². The molecule has 0 aromatic heterocycles. The molecule has 13 heteroatoms. The molecule has 0 radical (unpaired) electrons. The largest absolute Gasteiger partial charge is 0.497 e. The summed E-state index contributed by atoms with van der Waals surface area (Å²) in [6.07, 6.45) is -5.94. The zero-order valence-electron chi connectivity index (χ0n) is 27.3. The third kappa shape index (κ3) is 5.17. The average molecular weight is 668 g/mol. The van der Waals surface area contributed by atoms with Gasteiger partial charge in [-0.25, -0.2) is 0 Å². The third-order valence-electron chi connectivity index (χ3n) is 9.50. The number of carbonyl (C=O) groups excluding carboxylic acids is 1. The molecule has 1 saturated carbocycles. The first-order valence-electron chi connectivity index (χ1n) is 15.5. The molecule has 6 rings (SSSR count). The standard InChI is InChI=1S/C35H41NO12/c1-36(2)31(40)27-28(19-9-7-6-8-10-19)35(20-11-13-21(42-3)14-12-20)34(41,30(27)39)29-24(43-4)15-22(16-25(29)48-35)46-33-32(44-5)45-18-26(47-33)23(38)17-37/h6-16,23,26-28,30,32-33,37-39,41H,17-18H2,1-5H3/t23-,26+,27+,28+,30+,32-,33+,34-,35-/m0/s1. The number of methoxy groups -OCH3 is 3. The van der Waals surface area contributed by atoms with Crippen LogP contribution in [0.2, 0.25) is 0 Å². The Hall–Kier alpha value is -3.95. The van der Waals surface area contributed by atoms with Gasteiger partial charge in [0.15, 0.2) is 11.2 Å². The summed E-state index contributed by atoms with van der Waals surface area (Å²) in [5.41, 5.74) is -2.68. The predicted molar refractivity (Wildman–Crippen MR) is 169 cm³/mol. The Morgan fingerprint density at radius 1 is 1.00 bits per heavy atom. The van der Waals surface area contributed by atoms with E-state index in [0.717, 1.165) is 0 Å². The SMILES string of the molecule is COc1ccc([C@@]23Oc4cc(O[C@@H]5O[C@@H]([C@@H](O)CO)CO[C@@H]5OC)cc(OC)c4[C@]2(O)[C@H](O)[C@H](C(=O)N(C)C)[C@H]3c2ccccc2)cc1. The van der Waals surface area contributed by atoms with E-state index in [1.165, 1.54) is 38.4 Å². The first-order chi connectivity index (χ1) is 23.0. The lowest BCUT2D eigenvalue weighted by molar-refractivity contribution is -0.324. The molecule has 2 heterocycles. The Balaban J connectivity index is 1.53. The maximum atomic E-state index is 13.9. The fraction of sp³-hybridized carbons (Fsp3) is 0.457. The van der Waals surface area contributed by atoms with E-state index < -0.39 is 66.4 Å². The van der Waals surface area contributed by atoms with Crippen LogP contribution in [0.5, 0.6) is 23.0 Å². The van der Waals surface area contributed by atoms with Crippen LogP contribution in [0, 0.1) is 5.92 Å². The number of aliphatic hydroxyl groups is 4. The number of amides is 1. The topological polar surface area (TPSA) is 166 Å². The van der Waals surface area contributed by atoms with E-state index in [9.17, 15) is 25.2 Å². The number of ether oxygens (including phenoxy) is 7. The molecule has 3 aromatic rings. The van der Waals surface area contributed by atoms with Crippen LogP contribution in [0.15, 0.2) is 66.7 Å². The van der Waals surface area contributed by atoms with Gasteiger partial charge in [0, 0.05) is 39.3 Å². The Bertz CT molecular complexity index is 1600. The van der Waals surface area contributed by atoms with Gasteiger partial charge in [0.25, 0.3) is 6.29 Å². The molecule has 2 aliphatic heterocycles. The molecule has 4 N–H and O–H groups in total. The molecule has 9 atom stereocenters. The number of nitrogens with zero attached hydrogens (tertiary/aromatic N) is 1. The van der Waals surface area contributed by atoms with Gasteiger partial charge < -0.3 is 58.5 Å². The van der Waals surface area contributed by atoms with Crippen LogP contribution in [0.1, 0.15) is 22.6 Å². The second-order valence-corrected chi connectivity index (χ2v) is 12.3. The highest BCUT2D eigenvalue weighted by Crippen LogP contribution is 2.70. The van der Waals surface area contributed by atoms with E-state index in [1.54, 1.807) is 38.4 Å². The molecule has 3 aliphatic rings. The number of carbonyl (C=O) groups is 1. The normalized spacial score (nSPS) is 31.3. The molecule has 1 amide bonds. The lowest BCUT2D eigenvalue weighted by Crippen LogP contribution is -2.52. The van der Waals surface area contributed by atoms with Gasteiger partial charge in [0.1, 0.15) is 41.3 Å². The number of fused-ring (bicyclic) bond motifs is 3. The summed E-state index contributed by atoms with van der Waals surface area (Å²) in [7, 11) is 7.55. The van der Waals surface area contributed by atoms with Crippen LogP contribution in [0.4, 0.5) is 0 Å². The number of hydrogen-bond acceptors (Lipinski definition) is 12. The summed E-state index contributed by atoms with van der Waals surface area (Å²) in [6.45, 7) is -0.590. The van der Waals surface area contributed by atoms with E-state index >= 15 is 0 Å². The molecule has 1 saturated heterocycles. The molecule has 13 nitrogen and oxygen atoms in total. The molecule has 1 aliphatic carbocycles. The van der Waals surface area contributed by atoms with Crippen LogP contribution in [0.25, 0.3) is 0 Å². The quantitative estimate of drug-likeness (QED) is 0.247. The Morgan fingerprint density at radius 2 is 1.71 bits per heavy atom. The van der Waals surface area contributed by atoms with Gasteiger partial charge in [-0.1, -0.05) is 42.5 Å². The summed E-state index contributed by atoms with van der Waals surface area (Å²) < 4.78 is 41.3. The summed E-state index contributed by atoms with van der Waals surface area (Å²) in [6, 6.07) is 19.1. The van der Waals surface area contributed by atoms with Crippen LogP contribution in [-0.4, -0.2) is 111 Å². The van der Waals surface area contributed by atoms with Crippen LogP contribution in [-0.2, 0) is 30.2 Å². The number of aliphatic hydroxyl groups excluding tert-OH is 3. The Labute approximate surface area is 278 Å². The van der Waals surface area contributed by atoms with E-state index in [4.69, 9.17) is 33.2 Å². The summed E-state index contributed by atoms with van der Waals surface area (Å²) >= 11 is 0. The molecular weight excluding hydrogens is 626 g/mol. The first-order valence-corrected chi connectivity index (χ1v) is 15.5. The third-order valence-corrected chi connectivity index (χ3v) is 9.50. The van der Waals surface area contributed by atoms with E-state index in [2.05, 4.69) is 0 Å². The second-order valence-electron chi connectivity index (χ2n) is 12.3. The highest BCUT2D eigenvalue weighted by atomic mass is 16.8. The average Bonchev–Trinajstić information content (AvgIpc) is 3.49. The first kappa shape index (κ1) is 33.9. The van der Waals surface area contributed by atoms with Gasteiger partial charge in [-0.3, -0.25) is 4.79 Å². The van der Waals surface area contributed by atoms with Crippen molar-refractivity contribution in [3.8, 4) is 23.0 Å². The van der Waals surface area contributed by atoms with Crippen molar-refractivity contribution in [1.82, 2.24) is 4.90 Å². The van der Waals surface area contributed by atoms with Crippen molar-refractivity contribution in [2.45, 2.75) is 48.0 Å². The zero-order chi connectivity index (χ0) is 34.4. The number of benzene rings is 3. The summed E-state index contributed by atoms with van der Waals surface area (Å²) in [5, 5.41) is 45.0. The second kappa shape index (κ2) is 13.2. The van der Waals surface area contributed by atoms with Gasteiger partial charge in [-0.05, 0) is 23.3 Å². The zero-order valence-corrected chi connectivity index (χ0v) is 27.3. The molecule has 0 spiro atoms. The monoisotopic (exact) mass is 667 g/mol. The van der Waals surface area contributed by atoms with E-state index in [0.29, 0.717) is 16.9 Å². The van der Waals surface area contributed by atoms with E-state index in [1.807, 2.05) is 30.3 Å². The van der Waals surface area contributed by atoms with Crippen LogP contribution in [0.3, 0.4) is 0 Å². The van der Waals surface area contributed by atoms with Crippen molar-refractivity contribution in [3.05, 3.63) is 83.4 Å². The van der Waals surface area contributed by atoms with Gasteiger partial charge in [-0.15, -0.1) is 0 Å². The highest BCUT2D eigenvalue weighted by Gasteiger charge is 2.78. The van der Waals surface area contributed by atoms with Crippen LogP contribution >= 0.6 is 0 Å². The van der Waals surface area contributed by atoms with Crippen molar-refractivity contribution < 1.29 is 58.4 Å². The Morgan fingerprint density at radius 3 is 2.31 bits per heavy atom. The van der Waals surface area contributed by atoms with Gasteiger partial charge in [0.2, 0.25) is 12.2 Å². The van der Waals surface area contributed by atoms with Crippen molar-refractivity contribution in [2.24, 2.45) is 5.92 Å². The lowest BCUT2D eigenvalue weighted by atomic mass is 9.70. The maximum Gasteiger partial charge on any atom is 0.251 e. The van der Waals surface area contributed by atoms with Crippen LogP contribution < -0.4 is 18.9 Å². The van der Waals surface area contributed by atoms with Crippen molar-refractivity contribution in [1.29, 1.82) is 0 Å². The molecule has 258 valence electrons. The fourth-order valence-corrected chi connectivity index (χ4v) is 7.29. The molecule has 2 fully saturated rings. The highest BCUT2D eigenvalue weighted by molar-refractivity contribution is 5.83.